The van der Waals surface area contributed by atoms with Crippen molar-refractivity contribution in [3.05, 3.63) is 75.8 Å². The number of allylic oxidation sites excluding steroid dienone is 6. The number of rotatable bonds is 38. The van der Waals surface area contributed by atoms with Crippen LogP contribution in [0.15, 0.2) is 67.8 Å². The number of aryl methyl sites for hydroxylation is 2. The topological polar surface area (TPSA) is 501 Å². The summed E-state index contributed by atoms with van der Waals surface area (Å²) in [7, 11) is -5.33. The monoisotopic (exact) mass is 1540 g/mol. The molecule has 1 aromatic heterocycles. The summed E-state index contributed by atoms with van der Waals surface area (Å²) in [6.07, 6.45) is 6.55. The van der Waals surface area contributed by atoms with E-state index in [9.17, 15) is 53.2 Å². The number of unbranched alkanes of at least 4 members (excludes halogenated alkanes) is 9. The maximum absolute atomic E-state index is 14.5. The van der Waals surface area contributed by atoms with Crippen LogP contribution in [0.5, 0.6) is 0 Å². The molecular weight excluding hydrogens is 1420 g/mol. The minimum absolute atomic E-state index is 0. The second-order valence-electron chi connectivity index (χ2n) is 31.2. The van der Waals surface area contributed by atoms with Gasteiger partial charge in [-0.05, 0) is 138 Å². The molecule has 6 aliphatic heterocycles. The third kappa shape index (κ3) is 19.5. The average molecular weight is 1540 g/mol. The van der Waals surface area contributed by atoms with Gasteiger partial charge in [0.25, 0.3) is 7.82 Å². The van der Waals surface area contributed by atoms with E-state index in [4.69, 9.17) is 80.3 Å². The number of aliphatic imine (C=N–C) groups is 3. The van der Waals surface area contributed by atoms with Gasteiger partial charge in [-0.25, -0.2) is 4.98 Å². The van der Waals surface area contributed by atoms with Crippen LogP contribution in [0.3, 0.4) is 0 Å². The summed E-state index contributed by atoms with van der Waals surface area (Å²) >= 11 is 0. The molecule has 0 radical (unpaired) electrons. The van der Waals surface area contributed by atoms with Gasteiger partial charge in [0.1, 0.15) is 18.3 Å². The zero-order chi connectivity index (χ0) is 77.9. The molecule has 0 saturated carbocycles. The normalized spacial score (nSPS) is 30.5. The number of carbonyl (C=O) groups excluding carboxylic acids is 7. The third-order valence-corrected chi connectivity index (χ3v) is 24.5. The van der Waals surface area contributed by atoms with E-state index in [-0.39, 0.29) is 99.9 Å². The first kappa shape index (κ1) is 87.9. The van der Waals surface area contributed by atoms with Gasteiger partial charge in [-0.1, -0.05) is 92.0 Å². The van der Waals surface area contributed by atoms with Crippen LogP contribution in [0.25, 0.3) is 16.4 Å². The van der Waals surface area contributed by atoms with Gasteiger partial charge >= 0.3 is 16.8 Å². The van der Waals surface area contributed by atoms with E-state index in [1.54, 1.807) is 0 Å². The number of hydrogen-bond acceptors (Lipinski definition) is 20. The number of nitrogens with one attached hydrogen (secondary N) is 2. The summed E-state index contributed by atoms with van der Waals surface area (Å²) in [5.41, 5.74) is 37.2. The number of aliphatic hydroxyl groups is 2. The van der Waals surface area contributed by atoms with Crippen LogP contribution >= 0.6 is 7.82 Å². The zero-order valence-electron chi connectivity index (χ0n) is 63.4. The molecule has 8 rings (SSSR count). The Balaban J connectivity index is 0.00000582. The second-order valence-corrected chi connectivity index (χ2v) is 32.5. The molecule has 8 bridgehead atoms. The van der Waals surface area contributed by atoms with Crippen molar-refractivity contribution in [2.24, 2.45) is 94.7 Å². The zero-order valence-corrected chi connectivity index (χ0v) is 65.4. The Morgan fingerprint density at radius 2 is 1.32 bits per heavy atom. The average Bonchev–Trinajstić information content (AvgIpc) is 1.53. The van der Waals surface area contributed by atoms with Crippen molar-refractivity contribution in [3.63, 3.8) is 0 Å². The van der Waals surface area contributed by atoms with Gasteiger partial charge in [0.2, 0.25) is 41.4 Å². The van der Waals surface area contributed by atoms with E-state index in [1.807, 2.05) is 87.4 Å². The molecule has 7 heterocycles. The number of hydrogen-bond donors (Lipinski definition) is 10. The molecule has 6 aliphatic rings. The first-order valence-electron chi connectivity index (χ1n) is 36.9. The summed E-state index contributed by atoms with van der Waals surface area (Å²) in [5.74, 6) is -6.87. The summed E-state index contributed by atoms with van der Waals surface area (Å²) in [6, 6.07) is 2.67. The Labute approximate surface area is 633 Å². The van der Waals surface area contributed by atoms with E-state index >= 15 is 0 Å². The molecule has 7 amide bonds. The Hall–Kier alpha value is -7.04. The Kier molecular flexibility index (Phi) is 30.6. The number of imidazole rings is 1. The van der Waals surface area contributed by atoms with Crippen molar-refractivity contribution in [1.82, 2.24) is 20.2 Å². The number of fused-ring (bicyclic) bond motifs is 7. The molecule has 2 fully saturated rings. The van der Waals surface area contributed by atoms with Crippen molar-refractivity contribution in [1.29, 1.82) is 5.26 Å². The van der Waals surface area contributed by atoms with Crippen LogP contribution < -0.4 is 49.9 Å². The van der Waals surface area contributed by atoms with Gasteiger partial charge in [-0.15, -0.1) is 0 Å². The predicted octanol–water partition coefficient (Wildman–Crippen LogP) is 6.90. The fraction of sp³-hybridized carbons (Fsp3) is 0.680. The number of benzene rings is 1. The number of aromatic nitrogens is 2. The van der Waals surface area contributed by atoms with E-state index in [0.717, 1.165) is 56.2 Å². The maximum Gasteiger partial charge on any atom is 3.00 e. The molecule has 15 atom stereocenters. The smallest absolute Gasteiger partial charge is 0.756 e. The van der Waals surface area contributed by atoms with Gasteiger partial charge in [0, 0.05) is 115 Å². The van der Waals surface area contributed by atoms with Crippen molar-refractivity contribution in [2.75, 3.05) is 26.2 Å². The van der Waals surface area contributed by atoms with Crippen molar-refractivity contribution >= 4 is 77.3 Å². The first-order valence-corrected chi connectivity index (χ1v) is 38.4. The predicted molar refractivity (Wildman–Crippen MR) is 396 cm³/mol. The van der Waals surface area contributed by atoms with Gasteiger partial charge in [0.05, 0.1) is 41.3 Å². The van der Waals surface area contributed by atoms with Gasteiger partial charge < -0.3 is 95.6 Å². The molecule has 16 N–H and O–H groups in total. The molecule has 2 aromatic rings. The molecule has 586 valence electrons. The quantitative estimate of drug-likeness (QED) is 0.0186. The Morgan fingerprint density at radius 1 is 0.745 bits per heavy atom. The number of amides is 7. The molecule has 106 heavy (non-hydrogen) atoms. The maximum atomic E-state index is 14.5. The van der Waals surface area contributed by atoms with E-state index in [0.29, 0.717) is 63.0 Å². The largest absolute Gasteiger partial charge is 3.00 e. The first-order chi connectivity index (χ1) is 49.4. The number of aliphatic hydroxyl groups excluding tert-OH is 2. The number of nitrogens with two attached hydrogens (primary N) is 6. The van der Waals surface area contributed by atoms with Gasteiger partial charge in [-0.3, -0.25) is 53.1 Å². The summed E-state index contributed by atoms with van der Waals surface area (Å²) < 4.78 is 32.1. The van der Waals surface area contributed by atoms with Crippen LogP contribution in [-0.4, -0.2) is 140 Å². The number of nitrogens with zero attached hydrogens (tertiary/aromatic N) is 7. The van der Waals surface area contributed by atoms with E-state index < -0.39 is 137 Å². The van der Waals surface area contributed by atoms with E-state index in [2.05, 4.69) is 15.6 Å². The number of ether oxygens (including phenoxy) is 1. The molecule has 31 heteroatoms. The van der Waals surface area contributed by atoms with Crippen molar-refractivity contribution < 1.29 is 83.8 Å². The van der Waals surface area contributed by atoms with Crippen LogP contribution in [0.1, 0.15) is 215 Å². The summed E-state index contributed by atoms with van der Waals surface area (Å²) in [4.78, 5) is 131. The number of phosphoric ester groups is 1. The standard InChI is InChI=1S/C74H115N14O14P.CN.Co/c1-41-32-51-52(33-42(41)2)88(40-83-51)69-64(97)65(53(39-89)100-69)102-103(98,99)101-43(3)38-82-61(96)28-29-71(8)49(34-57(78)92)68-74(11)73(10,37-59(80)94)48(23-26-56(77)91)63(87-74)45(5)67-72(9,36-58(79)93)46(24-27-60(95)81-31-21-19-17-15-13-12-14-16-18-20-30-75)50(84-67)35-54-70(6,7)47(22-25-55(76)90)62(85-54)44(4)66(71)86-68;1-2;/h32-33,35,40,43,46-49,53,64-65,68-69,89,97H,12-31,34,36-39,75H2,1-11H3,(H14,76,77,78,79,80,81,82,84,85,86,87,90,91,92,93,94,95,96,98,99);;/q;-1;+3/p-2/t43-,46-,47-,48-,49+,53-,64-,65-,68-,69-,71-,72+,73+,74+;;/m1../s1. The van der Waals surface area contributed by atoms with Crippen LogP contribution in [0.4, 0.5) is 0 Å². The molecule has 2 saturated heterocycles. The molecule has 1 aromatic carbocycles. The molecule has 0 spiro atoms. The minimum Gasteiger partial charge on any atom is -0.756 e. The molecule has 1 unspecified atom stereocenters. The van der Waals surface area contributed by atoms with Crippen LogP contribution in [-0.2, 0) is 68.7 Å². The number of primary amides is 5. The van der Waals surface area contributed by atoms with E-state index in [1.165, 1.54) is 43.5 Å². The van der Waals surface area contributed by atoms with Crippen molar-refractivity contribution in [2.45, 2.75) is 253 Å². The fourth-order valence-electron chi connectivity index (χ4n) is 17.3. The summed E-state index contributed by atoms with van der Waals surface area (Å²) in [5, 5.41) is 39.7. The summed E-state index contributed by atoms with van der Waals surface area (Å²) in [6.45, 7) is 25.2. The SMILES string of the molecule is C/C1=C2/[N-][C@H]([C@H](CC(N)=O)[C@@]2(C)CCC(=O)NC[C@@H](C)OP(=O)([O-])O[C@H]2[C@@H](O)[C@H](n3cnc4cc(C)c(C)cc43)O[C@@H]2CO)[C@]2(C)N=C(/C(C)=C3N=C(/C=C4N=C1[C@@H](CCC(N)=O)C\4(C)C)[C@@H](CCC(=O)NCCCCCCCCCCCCN)[C@]\3(C)CC(N)=O)[C@@H](CCC(N)=O)[C@]2(C)CC(N)=O.[C-]#N.[Co+3]. The molecular formula is C75H113CoN15O14P. The second kappa shape index (κ2) is 36.9. The van der Waals surface area contributed by atoms with Gasteiger partial charge in [-0.2, -0.15) is 5.70 Å². The van der Waals surface area contributed by atoms with Crippen molar-refractivity contribution in [3.8, 4) is 0 Å². The van der Waals surface area contributed by atoms with Crippen LogP contribution in [0, 0.1) is 71.0 Å². The number of phosphoric acid groups is 1. The Bertz CT molecular complexity index is 3850. The third-order valence-electron chi connectivity index (χ3n) is 23.4. The fourth-order valence-corrected chi connectivity index (χ4v) is 18.4. The Morgan fingerprint density at radius 3 is 1.91 bits per heavy atom. The molecule has 29 nitrogen and oxygen atoms in total. The molecule has 0 aliphatic carbocycles. The number of carbonyl (C=O) groups is 7. The van der Waals surface area contributed by atoms with Crippen LogP contribution in [0.2, 0.25) is 0 Å². The van der Waals surface area contributed by atoms with Gasteiger partial charge in [0.15, 0.2) is 6.23 Å². The minimum atomic E-state index is -5.33.